The average molecular weight is 502 g/mol. The van der Waals surface area contributed by atoms with Gasteiger partial charge < -0.3 is 9.67 Å². The lowest BCUT2D eigenvalue weighted by molar-refractivity contribution is 0.0694. The van der Waals surface area contributed by atoms with Crippen molar-refractivity contribution in [3.8, 4) is 0 Å². The number of carboxylic acid groups (broad SMARTS) is 1. The fraction of sp³-hybridized carbons (Fsp3) is 0.524. The zero-order valence-electron chi connectivity index (χ0n) is 17.9. The lowest BCUT2D eigenvalue weighted by Crippen LogP contribution is -2.46. The SMILES string of the molecule is CS(=O)(=O)O.O=C(O)c1cn(C2CC2)c2c(Cl)c([C@@H]3C[C@@H]4CCCNN4C3)c(F)cc2c1=O. The Bertz CT molecular complexity index is 1260. The number of rotatable bonds is 3. The summed E-state index contributed by atoms with van der Waals surface area (Å²) in [7, 11) is -3.67. The molecule has 1 aliphatic carbocycles. The van der Waals surface area contributed by atoms with Crippen LogP contribution in [0.3, 0.4) is 0 Å². The Labute approximate surface area is 194 Å². The van der Waals surface area contributed by atoms with Gasteiger partial charge in [0.15, 0.2) is 0 Å². The number of aromatic carboxylic acids is 1. The highest BCUT2D eigenvalue weighted by Crippen LogP contribution is 2.44. The van der Waals surface area contributed by atoms with Crippen LogP contribution in [0.2, 0.25) is 5.02 Å². The summed E-state index contributed by atoms with van der Waals surface area (Å²) in [5.41, 5.74) is 3.26. The van der Waals surface area contributed by atoms with Crippen molar-refractivity contribution in [1.29, 1.82) is 0 Å². The van der Waals surface area contributed by atoms with Gasteiger partial charge in [-0.3, -0.25) is 14.8 Å². The molecule has 1 aromatic carbocycles. The summed E-state index contributed by atoms with van der Waals surface area (Å²) < 4.78 is 42.8. The maximum atomic E-state index is 15.2. The predicted molar refractivity (Wildman–Crippen MR) is 121 cm³/mol. The highest BCUT2D eigenvalue weighted by atomic mass is 35.5. The molecule has 2 aliphatic heterocycles. The third-order valence-electron chi connectivity index (χ3n) is 6.27. The largest absolute Gasteiger partial charge is 0.477 e. The quantitative estimate of drug-likeness (QED) is 0.547. The van der Waals surface area contributed by atoms with Gasteiger partial charge in [0.2, 0.25) is 5.43 Å². The predicted octanol–water partition coefficient (Wildman–Crippen LogP) is 2.79. The van der Waals surface area contributed by atoms with Crippen LogP contribution < -0.4 is 10.9 Å². The smallest absolute Gasteiger partial charge is 0.341 e. The van der Waals surface area contributed by atoms with E-state index >= 15 is 4.39 Å². The van der Waals surface area contributed by atoms with Crippen molar-refractivity contribution in [3.63, 3.8) is 0 Å². The Morgan fingerprint density at radius 3 is 2.52 bits per heavy atom. The molecule has 0 spiro atoms. The van der Waals surface area contributed by atoms with Crippen molar-refractivity contribution in [3.05, 3.63) is 44.5 Å². The van der Waals surface area contributed by atoms with E-state index in [2.05, 4.69) is 10.4 Å². The van der Waals surface area contributed by atoms with Crippen molar-refractivity contribution < 1.29 is 27.3 Å². The standard InChI is InChI=1S/C20H21ClFN3O3.CH4O3S/c21-17-16(10-6-12-2-1-5-23-25(12)8-10)15(22)7-13-18(17)24(11-3-4-11)9-14(19(13)26)20(27)28;1-5(2,3)4/h7,9-12,23H,1-6,8H2,(H,27,28);1H3,(H,2,3,4)/t10-,12+;/m1./s1. The molecule has 12 heteroatoms. The molecular formula is C21H25ClFN3O6S. The molecule has 3 heterocycles. The van der Waals surface area contributed by atoms with Crippen LogP contribution in [-0.4, -0.2) is 59.0 Å². The summed E-state index contributed by atoms with van der Waals surface area (Å²) in [6.07, 6.45) is 6.86. The third kappa shape index (κ3) is 5.07. The number of fused-ring (bicyclic) bond motifs is 2. The monoisotopic (exact) mass is 501 g/mol. The van der Waals surface area contributed by atoms with Gasteiger partial charge in [-0.25, -0.2) is 14.2 Å². The van der Waals surface area contributed by atoms with Crippen molar-refractivity contribution in [1.82, 2.24) is 15.0 Å². The Kier molecular flexibility index (Phi) is 6.53. The van der Waals surface area contributed by atoms with E-state index in [0.717, 1.165) is 38.6 Å². The van der Waals surface area contributed by atoms with Gasteiger partial charge in [0.1, 0.15) is 11.4 Å². The van der Waals surface area contributed by atoms with E-state index in [9.17, 15) is 23.1 Å². The summed E-state index contributed by atoms with van der Waals surface area (Å²) in [4.78, 5) is 24.2. The summed E-state index contributed by atoms with van der Waals surface area (Å²) in [6.45, 7) is 1.60. The molecule has 3 N–H and O–H groups in total. The summed E-state index contributed by atoms with van der Waals surface area (Å²) >= 11 is 6.72. The molecule has 5 rings (SSSR count). The van der Waals surface area contributed by atoms with E-state index < -0.39 is 27.3 Å². The Morgan fingerprint density at radius 2 is 1.94 bits per heavy atom. The van der Waals surface area contributed by atoms with Crippen LogP contribution >= 0.6 is 11.6 Å². The Hall–Kier alpha value is -2.05. The first-order chi connectivity index (χ1) is 15.5. The van der Waals surface area contributed by atoms with Crippen LogP contribution in [0.15, 0.2) is 17.1 Å². The Balaban J connectivity index is 0.000000471. The number of hydrogen-bond donors (Lipinski definition) is 3. The second-order valence-electron chi connectivity index (χ2n) is 8.82. The van der Waals surface area contributed by atoms with Crippen LogP contribution in [0.1, 0.15) is 60.0 Å². The summed E-state index contributed by atoms with van der Waals surface area (Å²) in [6, 6.07) is 1.66. The second kappa shape index (κ2) is 8.95. The third-order valence-corrected chi connectivity index (χ3v) is 6.65. The van der Waals surface area contributed by atoms with Crippen LogP contribution in [0.25, 0.3) is 10.9 Å². The lowest BCUT2D eigenvalue weighted by Gasteiger charge is -2.29. The van der Waals surface area contributed by atoms with Crippen LogP contribution in [0, 0.1) is 5.82 Å². The minimum Gasteiger partial charge on any atom is -0.477 e. The molecule has 3 fully saturated rings. The van der Waals surface area contributed by atoms with Gasteiger partial charge in [-0.15, -0.1) is 0 Å². The molecule has 3 aliphatic rings. The zero-order valence-corrected chi connectivity index (χ0v) is 19.5. The Morgan fingerprint density at radius 1 is 1.27 bits per heavy atom. The first kappa shape index (κ1) is 24.1. The molecule has 2 saturated heterocycles. The van der Waals surface area contributed by atoms with Crippen LogP contribution in [-0.2, 0) is 10.1 Å². The minimum atomic E-state index is -3.67. The van der Waals surface area contributed by atoms with E-state index in [0.29, 0.717) is 29.9 Å². The number of hydrogen-bond acceptors (Lipinski definition) is 6. The van der Waals surface area contributed by atoms with E-state index in [-0.39, 0.29) is 27.9 Å². The van der Waals surface area contributed by atoms with Crippen molar-refractivity contribution in [2.75, 3.05) is 19.3 Å². The molecule has 0 bridgehead atoms. The van der Waals surface area contributed by atoms with Gasteiger partial charge >= 0.3 is 5.97 Å². The highest BCUT2D eigenvalue weighted by molar-refractivity contribution is 7.85. The number of nitrogens with one attached hydrogen (secondary N) is 1. The average Bonchev–Trinajstić information content (AvgIpc) is 3.46. The number of halogens is 2. The van der Waals surface area contributed by atoms with Gasteiger partial charge in [0, 0.05) is 42.9 Å². The molecule has 2 atom stereocenters. The first-order valence-electron chi connectivity index (χ1n) is 10.7. The molecule has 1 aromatic heterocycles. The van der Waals surface area contributed by atoms with Gasteiger partial charge in [0.25, 0.3) is 10.1 Å². The minimum absolute atomic E-state index is 0.0481. The second-order valence-corrected chi connectivity index (χ2v) is 10.7. The van der Waals surface area contributed by atoms with E-state index in [1.165, 1.54) is 12.3 Å². The number of benzene rings is 1. The maximum Gasteiger partial charge on any atom is 0.341 e. The van der Waals surface area contributed by atoms with E-state index in [1.807, 2.05) is 0 Å². The van der Waals surface area contributed by atoms with Crippen LogP contribution in [0.4, 0.5) is 4.39 Å². The van der Waals surface area contributed by atoms with Gasteiger partial charge in [-0.1, -0.05) is 11.6 Å². The number of nitrogens with zero attached hydrogens (tertiary/aromatic N) is 2. The molecular weight excluding hydrogens is 477 g/mol. The number of aromatic nitrogens is 1. The zero-order chi connectivity index (χ0) is 24.1. The normalized spacial score (nSPS) is 23.2. The molecule has 2 aromatic rings. The summed E-state index contributed by atoms with van der Waals surface area (Å²) in [5.74, 6) is -1.89. The molecule has 9 nitrogen and oxygen atoms in total. The molecule has 180 valence electrons. The fourth-order valence-electron chi connectivity index (χ4n) is 4.78. The van der Waals surface area contributed by atoms with Crippen LogP contribution in [0.5, 0.6) is 0 Å². The topological polar surface area (TPSA) is 129 Å². The number of carbonyl (C=O) groups is 1. The highest BCUT2D eigenvalue weighted by Gasteiger charge is 2.38. The number of carboxylic acids is 1. The summed E-state index contributed by atoms with van der Waals surface area (Å²) in [5, 5.41) is 11.9. The van der Waals surface area contributed by atoms with Crippen molar-refractivity contribution in [2.45, 2.75) is 50.1 Å². The van der Waals surface area contributed by atoms with Crippen molar-refractivity contribution in [2.24, 2.45) is 0 Å². The molecule has 33 heavy (non-hydrogen) atoms. The molecule has 1 saturated carbocycles. The molecule has 0 amide bonds. The number of pyridine rings is 1. The molecule has 0 unspecified atom stereocenters. The van der Waals surface area contributed by atoms with Gasteiger partial charge in [-0.05, 0) is 38.2 Å². The fourth-order valence-corrected chi connectivity index (χ4v) is 5.22. The van der Waals surface area contributed by atoms with E-state index in [1.54, 1.807) is 4.57 Å². The maximum absolute atomic E-state index is 15.2. The van der Waals surface area contributed by atoms with Crippen molar-refractivity contribution >= 4 is 38.6 Å². The van der Waals surface area contributed by atoms with Gasteiger partial charge in [0.05, 0.1) is 22.2 Å². The van der Waals surface area contributed by atoms with Gasteiger partial charge in [-0.2, -0.15) is 8.42 Å². The lowest BCUT2D eigenvalue weighted by atomic mass is 9.93. The van der Waals surface area contributed by atoms with E-state index in [4.69, 9.17) is 16.2 Å². The molecule has 0 radical (unpaired) electrons. The first-order valence-corrected chi connectivity index (χ1v) is 12.9. The number of hydrazine groups is 1.